The van der Waals surface area contributed by atoms with Crippen molar-refractivity contribution in [1.29, 1.82) is 0 Å². The van der Waals surface area contributed by atoms with Gasteiger partial charge in [0.2, 0.25) is 0 Å². The lowest BCUT2D eigenvalue weighted by Crippen LogP contribution is -2.37. The van der Waals surface area contributed by atoms with Crippen LogP contribution in [0.15, 0.2) is 4.79 Å². The number of aromatic nitrogens is 2. The Morgan fingerprint density at radius 2 is 1.86 bits per heavy atom. The molecule has 1 fully saturated rings. The molecule has 120 valence electrons. The van der Waals surface area contributed by atoms with Crippen LogP contribution in [-0.2, 0) is 0 Å². The van der Waals surface area contributed by atoms with Gasteiger partial charge in [0.15, 0.2) is 0 Å². The van der Waals surface area contributed by atoms with Crippen molar-refractivity contribution in [1.82, 2.24) is 14.5 Å². The highest BCUT2D eigenvalue weighted by atomic mass is 32.1. The highest BCUT2D eigenvalue weighted by Gasteiger charge is 2.25. The highest BCUT2D eigenvalue weighted by Crippen LogP contribution is 2.30. The van der Waals surface area contributed by atoms with Crippen LogP contribution < -0.4 is 5.56 Å². The molecule has 0 spiro atoms. The number of aryl methyl sites for hydroxylation is 2. The molecule has 0 bridgehead atoms. The van der Waals surface area contributed by atoms with Crippen molar-refractivity contribution in [2.24, 2.45) is 0 Å². The Balaban J connectivity index is 2.22. The monoisotopic (exact) mass is 319 g/mol. The van der Waals surface area contributed by atoms with Gasteiger partial charge in [-0.25, -0.2) is 4.98 Å². The third-order valence-corrected chi connectivity index (χ3v) is 5.93. The van der Waals surface area contributed by atoms with Gasteiger partial charge in [0, 0.05) is 16.8 Å². The maximum absolute atomic E-state index is 13.2. The molecule has 1 saturated heterocycles. The molecule has 22 heavy (non-hydrogen) atoms. The van der Waals surface area contributed by atoms with Gasteiger partial charge in [0.25, 0.3) is 5.56 Å². The second-order valence-electron chi connectivity index (χ2n) is 6.80. The first kappa shape index (κ1) is 15.7. The van der Waals surface area contributed by atoms with Crippen molar-refractivity contribution in [2.75, 3.05) is 20.1 Å². The molecule has 0 aliphatic carbocycles. The molecule has 0 N–H and O–H groups in total. The molecule has 1 aliphatic heterocycles. The van der Waals surface area contributed by atoms with Gasteiger partial charge in [-0.1, -0.05) is 13.8 Å². The third-order valence-electron chi connectivity index (χ3n) is 4.83. The summed E-state index contributed by atoms with van der Waals surface area (Å²) in [5, 5.41) is 0.839. The van der Waals surface area contributed by atoms with Gasteiger partial charge in [-0.3, -0.25) is 9.36 Å². The van der Waals surface area contributed by atoms with Crippen molar-refractivity contribution in [3.63, 3.8) is 0 Å². The molecule has 0 amide bonds. The van der Waals surface area contributed by atoms with Crippen LogP contribution in [0, 0.1) is 13.8 Å². The summed E-state index contributed by atoms with van der Waals surface area (Å²) in [7, 11) is 2.15. The van der Waals surface area contributed by atoms with Crippen LogP contribution in [0.5, 0.6) is 0 Å². The molecule has 1 aliphatic rings. The van der Waals surface area contributed by atoms with E-state index in [0.717, 1.165) is 47.5 Å². The third kappa shape index (κ3) is 2.50. The Hall–Kier alpha value is -1.20. The minimum atomic E-state index is 0.171. The first-order valence-electron chi connectivity index (χ1n) is 8.10. The maximum Gasteiger partial charge on any atom is 0.262 e. The van der Waals surface area contributed by atoms with Crippen LogP contribution in [0.2, 0.25) is 0 Å². The first-order valence-corrected chi connectivity index (χ1v) is 8.92. The van der Waals surface area contributed by atoms with Crippen molar-refractivity contribution >= 4 is 21.6 Å². The van der Waals surface area contributed by atoms with E-state index in [9.17, 15) is 4.79 Å². The number of nitrogens with zero attached hydrogens (tertiary/aromatic N) is 3. The van der Waals surface area contributed by atoms with E-state index in [1.807, 2.05) is 11.5 Å². The lowest BCUT2D eigenvalue weighted by Gasteiger charge is -2.32. The van der Waals surface area contributed by atoms with Crippen LogP contribution in [-0.4, -0.2) is 34.6 Å². The van der Waals surface area contributed by atoms with Crippen molar-refractivity contribution < 1.29 is 0 Å². The van der Waals surface area contributed by atoms with Crippen LogP contribution in [0.1, 0.15) is 54.9 Å². The van der Waals surface area contributed by atoms with Gasteiger partial charge >= 0.3 is 0 Å². The summed E-state index contributed by atoms with van der Waals surface area (Å²) in [5.74, 6) is 1.22. The fraction of sp³-hybridized carbons (Fsp3) is 0.647. The van der Waals surface area contributed by atoms with Crippen LogP contribution in [0.3, 0.4) is 0 Å². The van der Waals surface area contributed by atoms with Gasteiger partial charge in [0.05, 0.1) is 5.39 Å². The van der Waals surface area contributed by atoms with E-state index in [4.69, 9.17) is 4.98 Å². The van der Waals surface area contributed by atoms with E-state index in [1.165, 1.54) is 4.88 Å². The van der Waals surface area contributed by atoms with Crippen LogP contribution in [0.4, 0.5) is 0 Å². The van der Waals surface area contributed by atoms with E-state index in [2.05, 4.69) is 32.7 Å². The Bertz CT molecular complexity index is 751. The predicted octanol–water partition coefficient (Wildman–Crippen LogP) is 3.46. The molecule has 0 radical (unpaired) electrons. The molecular formula is C17H25N3OS. The van der Waals surface area contributed by atoms with Crippen LogP contribution in [0.25, 0.3) is 10.2 Å². The quantitative estimate of drug-likeness (QED) is 0.851. The average Bonchev–Trinajstić information content (AvgIpc) is 2.75. The lowest BCUT2D eigenvalue weighted by molar-refractivity contribution is 0.215. The summed E-state index contributed by atoms with van der Waals surface area (Å²) in [6.45, 7) is 10.5. The molecule has 3 rings (SSSR count). The molecule has 0 atom stereocenters. The molecule has 0 aromatic carbocycles. The van der Waals surface area contributed by atoms with E-state index >= 15 is 0 Å². The normalized spacial score (nSPS) is 17.7. The first-order chi connectivity index (χ1) is 10.4. The molecule has 4 nitrogen and oxygen atoms in total. The number of likely N-dealkylation sites (tertiary alicyclic amines) is 1. The van der Waals surface area contributed by atoms with Gasteiger partial charge in [0.1, 0.15) is 10.7 Å². The standard InChI is InChI=1S/C17H25N3OS/c1-10(2)15-18-16-14(11(3)12(4)22-16)17(21)20(15)13-6-8-19(5)9-7-13/h10,13H,6-9H2,1-5H3. The number of rotatable bonds is 2. The van der Waals surface area contributed by atoms with E-state index in [0.29, 0.717) is 0 Å². The largest absolute Gasteiger partial charge is 0.306 e. The molecule has 0 saturated carbocycles. The van der Waals surface area contributed by atoms with Crippen molar-refractivity contribution in [2.45, 2.75) is 52.5 Å². The second-order valence-corrected chi connectivity index (χ2v) is 8.00. The summed E-state index contributed by atoms with van der Waals surface area (Å²) < 4.78 is 2.01. The van der Waals surface area contributed by atoms with E-state index < -0.39 is 0 Å². The van der Waals surface area contributed by atoms with E-state index in [1.54, 1.807) is 11.3 Å². The molecule has 0 unspecified atom stereocenters. The number of piperidine rings is 1. The Morgan fingerprint density at radius 1 is 1.23 bits per heavy atom. The zero-order valence-corrected chi connectivity index (χ0v) is 15.0. The second kappa shape index (κ2) is 5.78. The smallest absolute Gasteiger partial charge is 0.262 e. The molecular weight excluding hydrogens is 294 g/mol. The van der Waals surface area contributed by atoms with E-state index in [-0.39, 0.29) is 17.5 Å². The maximum atomic E-state index is 13.2. The number of thiophene rings is 1. The zero-order chi connectivity index (χ0) is 16.0. The minimum absolute atomic E-state index is 0.171. The summed E-state index contributed by atoms with van der Waals surface area (Å²) >= 11 is 1.65. The van der Waals surface area contributed by atoms with Gasteiger partial charge < -0.3 is 4.90 Å². The summed E-state index contributed by atoms with van der Waals surface area (Å²) in [6.07, 6.45) is 2.07. The molecule has 5 heteroatoms. The minimum Gasteiger partial charge on any atom is -0.306 e. The molecule has 2 aromatic rings. The van der Waals surface area contributed by atoms with Crippen molar-refractivity contribution in [3.8, 4) is 0 Å². The topological polar surface area (TPSA) is 38.1 Å². The number of fused-ring (bicyclic) bond motifs is 1. The Labute approximate surface area is 135 Å². The SMILES string of the molecule is Cc1sc2nc(C(C)C)n(C3CCN(C)CC3)c(=O)c2c1C. The van der Waals surface area contributed by atoms with Gasteiger partial charge in [-0.05, 0) is 52.4 Å². The number of hydrogen-bond donors (Lipinski definition) is 0. The van der Waals surface area contributed by atoms with Crippen LogP contribution >= 0.6 is 11.3 Å². The van der Waals surface area contributed by atoms with Crippen molar-refractivity contribution in [3.05, 3.63) is 26.6 Å². The fourth-order valence-electron chi connectivity index (χ4n) is 3.34. The zero-order valence-electron chi connectivity index (χ0n) is 14.1. The number of hydrogen-bond acceptors (Lipinski definition) is 4. The highest BCUT2D eigenvalue weighted by molar-refractivity contribution is 7.18. The van der Waals surface area contributed by atoms with Gasteiger partial charge in [-0.2, -0.15) is 0 Å². The average molecular weight is 319 g/mol. The lowest BCUT2D eigenvalue weighted by atomic mass is 10.0. The molecule has 3 heterocycles. The fourth-order valence-corrected chi connectivity index (χ4v) is 4.36. The predicted molar refractivity (Wildman–Crippen MR) is 93.2 cm³/mol. The molecule has 2 aromatic heterocycles. The summed E-state index contributed by atoms with van der Waals surface area (Å²) in [4.78, 5) is 22.5. The van der Waals surface area contributed by atoms with Gasteiger partial charge in [-0.15, -0.1) is 11.3 Å². The summed E-state index contributed by atoms with van der Waals surface area (Å²) in [5.41, 5.74) is 1.28. The Kier molecular flexibility index (Phi) is 4.12. The summed E-state index contributed by atoms with van der Waals surface area (Å²) in [6, 6.07) is 0.289. The Morgan fingerprint density at radius 3 is 2.45 bits per heavy atom.